The van der Waals surface area contributed by atoms with Crippen LogP contribution < -0.4 is 5.32 Å². The summed E-state index contributed by atoms with van der Waals surface area (Å²) in [6.07, 6.45) is 7.54. The van der Waals surface area contributed by atoms with Crippen LogP contribution in [0, 0.1) is 0 Å². The van der Waals surface area contributed by atoms with E-state index in [9.17, 15) is 4.79 Å². The number of amides is 1. The summed E-state index contributed by atoms with van der Waals surface area (Å²) in [6, 6.07) is 0.506. The Morgan fingerprint density at radius 2 is 2.29 bits per heavy atom. The molecule has 17 heavy (non-hydrogen) atoms. The van der Waals surface area contributed by atoms with Gasteiger partial charge in [0.05, 0.1) is 23.6 Å². The summed E-state index contributed by atoms with van der Waals surface area (Å²) in [5.41, 5.74) is 1.92. The summed E-state index contributed by atoms with van der Waals surface area (Å²) in [4.78, 5) is 11.3. The van der Waals surface area contributed by atoms with Crippen molar-refractivity contribution in [3.8, 4) is 0 Å². The molecule has 0 bridgehead atoms. The van der Waals surface area contributed by atoms with Gasteiger partial charge in [0.1, 0.15) is 5.88 Å². The fourth-order valence-electron chi connectivity index (χ4n) is 2.49. The van der Waals surface area contributed by atoms with E-state index in [1.807, 2.05) is 0 Å². The van der Waals surface area contributed by atoms with Crippen LogP contribution in [0.1, 0.15) is 44.3 Å². The lowest BCUT2D eigenvalue weighted by molar-refractivity contribution is -0.113. The molecule has 2 rings (SSSR count). The molecule has 0 spiro atoms. The molecule has 1 fully saturated rings. The Labute approximate surface area is 106 Å². The molecule has 0 saturated heterocycles. The van der Waals surface area contributed by atoms with Crippen LogP contribution >= 0.6 is 11.6 Å². The highest BCUT2D eigenvalue weighted by Crippen LogP contribution is 2.32. The number of carbonyl (C=O) groups excluding carboxylic acids is 1. The number of halogens is 1. The number of hydrogen-bond acceptors (Lipinski definition) is 2. The molecule has 1 aromatic rings. The van der Waals surface area contributed by atoms with E-state index in [1.165, 1.54) is 25.7 Å². The predicted octanol–water partition coefficient (Wildman–Crippen LogP) is 2.74. The highest BCUT2D eigenvalue weighted by molar-refractivity contribution is 6.29. The summed E-state index contributed by atoms with van der Waals surface area (Å²) in [5.74, 6) is -0.190. The van der Waals surface area contributed by atoms with Gasteiger partial charge in [0.15, 0.2) is 0 Å². The summed E-state index contributed by atoms with van der Waals surface area (Å²) < 4.78 is 2.08. The van der Waals surface area contributed by atoms with Crippen LogP contribution in [0.15, 0.2) is 6.20 Å². The van der Waals surface area contributed by atoms with Gasteiger partial charge in [0.2, 0.25) is 5.91 Å². The smallest absolute Gasteiger partial charge is 0.239 e. The molecule has 1 saturated carbocycles. The number of anilines is 1. The van der Waals surface area contributed by atoms with Crippen molar-refractivity contribution in [2.45, 2.75) is 45.1 Å². The van der Waals surface area contributed by atoms with E-state index in [-0.39, 0.29) is 11.8 Å². The molecule has 1 amide bonds. The summed E-state index contributed by atoms with van der Waals surface area (Å²) in [7, 11) is 0. The van der Waals surface area contributed by atoms with Crippen molar-refractivity contribution in [2.24, 2.45) is 0 Å². The normalized spacial score (nSPS) is 16.4. The molecule has 0 atom stereocenters. The lowest BCUT2D eigenvalue weighted by Crippen LogP contribution is -2.15. The van der Waals surface area contributed by atoms with Crippen LogP contribution in [0.3, 0.4) is 0 Å². The van der Waals surface area contributed by atoms with Gasteiger partial charge >= 0.3 is 0 Å². The summed E-state index contributed by atoms with van der Waals surface area (Å²) >= 11 is 5.49. The first-order valence-corrected chi connectivity index (χ1v) is 6.72. The Hall–Kier alpha value is -1.03. The van der Waals surface area contributed by atoms with Crippen LogP contribution in [0.5, 0.6) is 0 Å². The van der Waals surface area contributed by atoms with Gasteiger partial charge in [0, 0.05) is 0 Å². The van der Waals surface area contributed by atoms with Gasteiger partial charge in [-0.1, -0.05) is 19.8 Å². The summed E-state index contributed by atoms with van der Waals surface area (Å²) in [5, 5.41) is 7.22. The third kappa shape index (κ3) is 2.63. The van der Waals surface area contributed by atoms with Crippen LogP contribution in [0.4, 0.5) is 5.69 Å². The van der Waals surface area contributed by atoms with Crippen molar-refractivity contribution in [1.82, 2.24) is 9.78 Å². The molecule has 1 heterocycles. The fourth-order valence-corrected chi connectivity index (χ4v) is 2.56. The molecule has 1 aromatic heterocycles. The van der Waals surface area contributed by atoms with Crippen LogP contribution in [0.25, 0.3) is 0 Å². The highest BCUT2D eigenvalue weighted by atomic mass is 35.5. The van der Waals surface area contributed by atoms with Crippen molar-refractivity contribution < 1.29 is 4.79 Å². The minimum absolute atomic E-state index is 0.0161. The Morgan fingerprint density at radius 1 is 1.59 bits per heavy atom. The number of hydrogen-bond donors (Lipinski definition) is 1. The number of nitrogens with one attached hydrogen (secondary N) is 1. The minimum Gasteiger partial charge on any atom is -0.322 e. The van der Waals surface area contributed by atoms with Crippen molar-refractivity contribution >= 4 is 23.2 Å². The zero-order valence-electron chi connectivity index (χ0n) is 10.1. The van der Waals surface area contributed by atoms with Crippen molar-refractivity contribution in [3.63, 3.8) is 0 Å². The number of alkyl halides is 1. The van der Waals surface area contributed by atoms with Crippen molar-refractivity contribution in [2.75, 3.05) is 11.2 Å². The van der Waals surface area contributed by atoms with Crippen LogP contribution in [-0.4, -0.2) is 21.6 Å². The van der Waals surface area contributed by atoms with Gasteiger partial charge in [-0.2, -0.15) is 5.10 Å². The standard InChI is InChI=1S/C12H18ClN3O/c1-2-11-10(15-12(17)7-13)8-14-16(11)9-5-3-4-6-9/h8-9H,2-7H2,1H3,(H,15,17). The second kappa shape index (κ2) is 5.54. The Balaban J connectivity index is 2.19. The Morgan fingerprint density at radius 3 is 2.88 bits per heavy atom. The Bertz CT molecular complexity index is 396. The molecule has 1 aliphatic rings. The number of carbonyl (C=O) groups is 1. The van der Waals surface area contributed by atoms with E-state index in [1.54, 1.807) is 6.20 Å². The van der Waals surface area contributed by atoms with E-state index < -0.39 is 0 Å². The molecular weight excluding hydrogens is 238 g/mol. The van der Waals surface area contributed by atoms with E-state index in [0.717, 1.165) is 17.8 Å². The van der Waals surface area contributed by atoms with Gasteiger partial charge < -0.3 is 5.32 Å². The molecular formula is C12H18ClN3O. The van der Waals surface area contributed by atoms with Gasteiger partial charge in [-0.25, -0.2) is 0 Å². The first-order valence-electron chi connectivity index (χ1n) is 6.18. The average molecular weight is 256 g/mol. The molecule has 0 unspecified atom stereocenters. The lowest BCUT2D eigenvalue weighted by Gasteiger charge is -2.14. The minimum atomic E-state index is -0.174. The van der Waals surface area contributed by atoms with Crippen molar-refractivity contribution in [1.29, 1.82) is 0 Å². The van der Waals surface area contributed by atoms with E-state index >= 15 is 0 Å². The SMILES string of the molecule is CCc1c(NC(=O)CCl)cnn1C1CCCC1. The fraction of sp³-hybridized carbons (Fsp3) is 0.667. The molecule has 94 valence electrons. The van der Waals surface area contributed by atoms with Crippen molar-refractivity contribution in [3.05, 3.63) is 11.9 Å². The number of nitrogens with zero attached hydrogens (tertiary/aromatic N) is 2. The van der Waals surface area contributed by atoms with Crippen LogP contribution in [-0.2, 0) is 11.2 Å². The summed E-state index contributed by atoms with van der Waals surface area (Å²) in [6.45, 7) is 2.08. The molecule has 1 aliphatic carbocycles. The first-order chi connectivity index (χ1) is 8.26. The Kier molecular flexibility index (Phi) is 4.05. The monoisotopic (exact) mass is 255 g/mol. The maximum absolute atomic E-state index is 11.3. The molecule has 0 radical (unpaired) electrons. The largest absolute Gasteiger partial charge is 0.322 e. The van der Waals surface area contributed by atoms with Gasteiger partial charge in [-0.15, -0.1) is 11.6 Å². The zero-order chi connectivity index (χ0) is 12.3. The van der Waals surface area contributed by atoms with Gasteiger partial charge in [-0.05, 0) is 19.3 Å². The van der Waals surface area contributed by atoms with E-state index in [2.05, 4.69) is 22.0 Å². The maximum Gasteiger partial charge on any atom is 0.239 e. The quantitative estimate of drug-likeness (QED) is 0.841. The van der Waals surface area contributed by atoms with Crippen LogP contribution in [0.2, 0.25) is 0 Å². The number of rotatable bonds is 4. The van der Waals surface area contributed by atoms with Gasteiger partial charge in [-0.3, -0.25) is 9.48 Å². The lowest BCUT2D eigenvalue weighted by atomic mass is 10.2. The maximum atomic E-state index is 11.3. The highest BCUT2D eigenvalue weighted by Gasteiger charge is 2.21. The van der Waals surface area contributed by atoms with E-state index in [0.29, 0.717) is 6.04 Å². The first kappa shape index (κ1) is 12.4. The molecule has 1 N–H and O–H groups in total. The third-order valence-electron chi connectivity index (χ3n) is 3.30. The zero-order valence-corrected chi connectivity index (χ0v) is 10.8. The van der Waals surface area contributed by atoms with Gasteiger partial charge in [0.25, 0.3) is 0 Å². The molecule has 0 aliphatic heterocycles. The third-order valence-corrected chi connectivity index (χ3v) is 3.54. The predicted molar refractivity (Wildman–Crippen MR) is 68.5 cm³/mol. The second-order valence-electron chi connectivity index (χ2n) is 4.42. The molecule has 0 aromatic carbocycles. The number of aromatic nitrogens is 2. The second-order valence-corrected chi connectivity index (χ2v) is 4.69. The molecule has 4 nitrogen and oxygen atoms in total. The molecule has 5 heteroatoms. The average Bonchev–Trinajstić information content (AvgIpc) is 2.96. The van der Waals surface area contributed by atoms with E-state index in [4.69, 9.17) is 11.6 Å². The topological polar surface area (TPSA) is 46.9 Å².